The summed E-state index contributed by atoms with van der Waals surface area (Å²) < 4.78 is 73.7. The molecule has 0 aromatic heterocycles. The zero-order valence-corrected chi connectivity index (χ0v) is 33.5. The number of halogens is 2. The number of aryl methyl sites for hydroxylation is 2. The van der Waals surface area contributed by atoms with Gasteiger partial charge in [0.05, 0.1) is 45.2 Å². The fourth-order valence-corrected chi connectivity index (χ4v) is 7.35. The summed E-state index contributed by atoms with van der Waals surface area (Å²) in [5, 5.41) is 0. The topological polar surface area (TPSA) is 105 Å². The molecule has 3 aromatic carbocycles. The maximum absolute atomic E-state index is 12.4. The molecule has 0 unspecified atom stereocenters. The molecule has 0 amide bonds. The quantitative estimate of drug-likeness (QED) is 0.0923. The van der Waals surface area contributed by atoms with Crippen LogP contribution in [-0.4, -0.2) is 43.3 Å². The van der Waals surface area contributed by atoms with E-state index in [1.807, 2.05) is 77.9 Å². The monoisotopic (exact) mass is 830 g/mol. The molecule has 0 aliphatic rings. The zero-order chi connectivity index (χ0) is 35.6. The predicted molar refractivity (Wildman–Crippen MR) is 197 cm³/mol. The van der Waals surface area contributed by atoms with E-state index in [0.717, 1.165) is 58.6 Å². The molecular weight excluding hydrogens is 784 g/mol. The number of benzene rings is 3. The Labute approximate surface area is 304 Å². The Morgan fingerprint density at radius 3 is 1.19 bits per heavy atom. The molecule has 48 heavy (non-hydrogen) atoms. The van der Waals surface area contributed by atoms with Gasteiger partial charge in [-0.05, 0) is 129 Å². The first kappa shape index (κ1) is 40.5. The SMILES string of the molecule is CC(C)(C)COS(=O)(=O)c1ccc(CCCCOc2cc(Br)c(OCCCCc3ccc(S(=O)(=O)OCC(C)(C)C)cc3)cc2Br)cc1. The molecule has 0 saturated heterocycles. The van der Waals surface area contributed by atoms with E-state index in [2.05, 4.69) is 31.9 Å². The van der Waals surface area contributed by atoms with Gasteiger partial charge in [-0.2, -0.15) is 16.8 Å². The highest BCUT2D eigenvalue weighted by Crippen LogP contribution is 2.36. The average molecular weight is 833 g/mol. The van der Waals surface area contributed by atoms with Crippen molar-refractivity contribution in [1.29, 1.82) is 0 Å². The molecule has 0 N–H and O–H groups in total. The molecule has 0 bridgehead atoms. The fraction of sp³-hybridized carbons (Fsp3) is 0.500. The minimum atomic E-state index is -3.77. The lowest BCUT2D eigenvalue weighted by molar-refractivity contribution is 0.203. The molecule has 0 spiro atoms. The number of hydrogen-bond donors (Lipinski definition) is 0. The van der Waals surface area contributed by atoms with Crippen molar-refractivity contribution in [3.63, 3.8) is 0 Å². The van der Waals surface area contributed by atoms with Crippen molar-refractivity contribution >= 4 is 52.1 Å². The van der Waals surface area contributed by atoms with Gasteiger partial charge in [-0.15, -0.1) is 0 Å². The first-order valence-corrected chi connectivity index (χ1v) is 20.5. The van der Waals surface area contributed by atoms with Gasteiger partial charge in [0.2, 0.25) is 0 Å². The third kappa shape index (κ3) is 14.1. The van der Waals surface area contributed by atoms with Crippen molar-refractivity contribution in [2.45, 2.75) is 89.9 Å². The summed E-state index contributed by atoms with van der Waals surface area (Å²) in [6.45, 7) is 12.9. The third-order valence-corrected chi connectivity index (χ3v) is 10.7. The maximum atomic E-state index is 12.4. The van der Waals surface area contributed by atoms with Gasteiger partial charge >= 0.3 is 0 Å². The van der Waals surface area contributed by atoms with Gasteiger partial charge in [0, 0.05) is 0 Å². The van der Waals surface area contributed by atoms with E-state index in [1.165, 1.54) is 0 Å². The van der Waals surface area contributed by atoms with E-state index in [4.69, 9.17) is 17.8 Å². The van der Waals surface area contributed by atoms with Crippen LogP contribution in [0, 0.1) is 10.8 Å². The van der Waals surface area contributed by atoms with E-state index in [1.54, 1.807) is 24.3 Å². The van der Waals surface area contributed by atoms with Crippen LogP contribution in [0.4, 0.5) is 0 Å². The van der Waals surface area contributed by atoms with Crippen molar-refractivity contribution < 1.29 is 34.7 Å². The molecule has 0 aliphatic heterocycles. The Balaban J connectivity index is 1.36. The summed E-state index contributed by atoms with van der Waals surface area (Å²) >= 11 is 7.17. The Hall–Kier alpha value is -1.96. The molecule has 3 rings (SSSR count). The Bertz CT molecular complexity index is 1550. The first-order chi connectivity index (χ1) is 22.3. The number of rotatable bonds is 18. The van der Waals surface area contributed by atoms with Crippen molar-refractivity contribution in [3.8, 4) is 11.5 Å². The van der Waals surface area contributed by atoms with E-state index >= 15 is 0 Å². The second-order valence-corrected chi connectivity index (χ2v) is 19.1. The number of ether oxygens (including phenoxy) is 2. The Morgan fingerprint density at radius 1 is 0.542 bits per heavy atom. The largest absolute Gasteiger partial charge is 0.492 e. The van der Waals surface area contributed by atoms with Crippen LogP contribution in [0.5, 0.6) is 11.5 Å². The predicted octanol–water partition coefficient (Wildman–Crippen LogP) is 9.52. The number of hydrogen-bond acceptors (Lipinski definition) is 8. The second kappa shape index (κ2) is 17.8. The van der Waals surface area contributed by atoms with Crippen molar-refractivity contribution in [2.75, 3.05) is 26.4 Å². The molecule has 12 heteroatoms. The van der Waals surface area contributed by atoms with E-state index < -0.39 is 20.2 Å². The smallest absolute Gasteiger partial charge is 0.296 e. The minimum absolute atomic E-state index is 0.130. The van der Waals surface area contributed by atoms with Crippen LogP contribution in [-0.2, 0) is 41.4 Å². The van der Waals surface area contributed by atoms with Crippen LogP contribution in [0.2, 0.25) is 0 Å². The zero-order valence-electron chi connectivity index (χ0n) is 28.7. The maximum Gasteiger partial charge on any atom is 0.296 e. The molecule has 0 fully saturated rings. The van der Waals surface area contributed by atoms with Gasteiger partial charge in [-0.3, -0.25) is 8.37 Å². The van der Waals surface area contributed by atoms with Gasteiger partial charge in [0.25, 0.3) is 20.2 Å². The Kier molecular flexibility index (Phi) is 15.0. The van der Waals surface area contributed by atoms with E-state index in [-0.39, 0.29) is 33.8 Å². The summed E-state index contributed by atoms with van der Waals surface area (Å²) in [4.78, 5) is 0.337. The van der Waals surface area contributed by atoms with E-state index in [9.17, 15) is 16.8 Å². The van der Waals surface area contributed by atoms with Crippen LogP contribution in [0.25, 0.3) is 0 Å². The van der Waals surface area contributed by atoms with Crippen LogP contribution in [0.3, 0.4) is 0 Å². The third-order valence-electron chi connectivity index (χ3n) is 6.94. The summed E-state index contributed by atoms with van der Waals surface area (Å²) in [6.07, 6.45) is 5.07. The van der Waals surface area contributed by atoms with Crippen LogP contribution >= 0.6 is 31.9 Å². The summed E-state index contributed by atoms with van der Waals surface area (Å²) in [7, 11) is -7.53. The second-order valence-electron chi connectivity index (χ2n) is 14.2. The standard InChI is InChI=1S/C36H48Br2O8S2/c1-35(2,3)25-45-47(39,40)29-17-13-27(14-18-29)11-7-9-21-43-33-23-32(38)34(24-31(33)37)44-22-10-8-12-28-15-19-30(20-16-28)48(41,42)46-26-36(4,5)6/h13-20,23-24H,7-12,21-22,25-26H2,1-6H3. The molecule has 266 valence electrons. The molecule has 0 aliphatic carbocycles. The molecule has 0 heterocycles. The Morgan fingerprint density at radius 2 is 0.875 bits per heavy atom. The summed E-state index contributed by atoms with van der Waals surface area (Å²) in [6, 6.07) is 17.5. The minimum Gasteiger partial charge on any atom is -0.492 e. The fourth-order valence-electron chi connectivity index (χ4n) is 4.25. The molecule has 0 saturated carbocycles. The van der Waals surface area contributed by atoms with Gasteiger partial charge in [-0.25, -0.2) is 0 Å². The molecular formula is C36H48Br2O8S2. The lowest BCUT2D eigenvalue weighted by Crippen LogP contribution is -2.18. The normalized spacial score (nSPS) is 12.7. The summed E-state index contributed by atoms with van der Waals surface area (Å²) in [5.74, 6) is 1.43. The van der Waals surface area contributed by atoms with Gasteiger partial charge < -0.3 is 9.47 Å². The highest BCUT2D eigenvalue weighted by molar-refractivity contribution is 9.11. The van der Waals surface area contributed by atoms with Gasteiger partial charge in [-0.1, -0.05) is 65.8 Å². The number of unbranched alkanes of at least 4 members (excludes halogenated alkanes) is 2. The van der Waals surface area contributed by atoms with Crippen LogP contribution in [0.1, 0.15) is 78.4 Å². The molecule has 0 atom stereocenters. The summed E-state index contributed by atoms with van der Waals surface area (Å²) in [5.41, 5.74) is 1.63. The van der Waals surface area contributed by atoms with Gasteiger partial charge in [0.1, 0.15) is 11.5 Å². The average Bonchev–Trinajstić information content (AvgIpc) is 3.00. The highest BCUT2D eigenvalue weighted by Gasteiger charge is 2.21. The van der Waals surface area contributed by atoms with Crippen molar-refractivity contribution in [3.05, 3.63) is 80.7 Å². The van der Waals surface area contributed by atoms with Crippen molar-refractivity contribution in [2.24, 2.45) is 10.8 Å². The first-order valence-electron chi connectivity index (χ1n) is 16.1. The lowest BCUT2D eigenvalue weighted by atomic mass is 9.99. The van der Waals surface area contributed by atoms with Crippen LogP contribution < -0.4 is 9.47 Å². The van der Waals surface area contributed by atoms with Gasteiger partial charge in [0.15, 0.2) is 0 Å². The molecule has 8 nitrogen and oxygen atoms in total. The molecule has 0 radical (unpaired) electrons. The highest BCUT2D eigenvalue weighted by atomic mass is 79.9. The lowest BCUT2D eigenvalue weighted by Gasteiger charge is -2.17. The van der Waals surface area contributed by atoms with Crippen molar-refractivity contribution in [1.82, 2.24) is 0 Å². The van der Waals surface area contributed by atoms with E-state index in [0.29, 0.717) is 24.7 Å². The molecule has 3 aromatic rings. The van der Waals surface area contributed by atoms with Crippen LogP contribution in [0.15, 0.2) is 79.4 Å².